The van der Waals surface area contributed by atoms with Crippen molar-refractivity contribution >= 4 is 46.4 Å². The number of H-pyrrole nitrogens is 2. The van der Waals surface area contributed by atoms with Gasteiger partial charge in [0.05, 0.1) is 5.39 Å². The van der Waals surface area contributed by atoms with E-state index in [4.69, 9.17) is 12.2 Å². The summed E-state index contributed by atoms with van der Waals surface area (Å²) < 4.78 is 0.548. The summed E-state index contributed by atoms with van der Waals surface area (Å²) in [7, 11) is 0. The lowest BCUT2D eigenvalue weighted by Gasteiger charge is -2.08. The first-order valence-corrected chi connectivity index (χ1v) is 7.03. The Kier molecular flexibility index (Phi) is 3.60. The van der Waals surface area contributed by atoms with Crippen LogP contribution in [0.2, 0.25) is 0 Å². The second kappa shape index (κ2) is 5.57. The fraction of sp³-hybridized carbons (Fsp3) is 0.143. The molecule has 0 bridgehead atoms. The maximum absolute atomic E-state index is 11.0. The number of benzene rings is 1. The van der Waals surface area contributed by atoms with Gasteiger partial charge in [0.15, 0.2) is 5.65 Å². The number of aromatic nitrogens is 4. The summed E-state index contributed by atoms with van der Waals surface area (Å²) in [5.74, 6) is 1.17. The van der Waals surface area contributed by atoms with Gasteiger partial charge in [0.25, 0.3) is 0 Å². The quantitative estimate of drug-likeness (QED) is 0.557. The summed E-state index contributed by atoms with van der Waals surface area (Å²) in [6, 6.07) is 7.33. The Hall–Kier alpha value is -2.74. The average Bonchev–Trinajstić information content (AvgIpc) is 2.82. The molecule has 0 aliphatic rings. The first kappa shape index (κ1) is 14.2. The molecule has 0 fully saturated rings. The van der Waals surface area contributed by atoms with Gasteiger partial charge < -0.3 is 10.6 Å². The minimum atomic E-state index is -0.104. The third kappa shape index (κ3) is 2.82. The molecule has 0 atom stereocenters. The van der Waals surface area contributed by atoms with Gasteiger partial charge in [-0.15, -0.1) is 0 Å². The van der Waals surface area contributed by atoms with Gasteiger partial charge in [-0.1, -0.05) is 12.2 Å². The molecule has 0 radical (unpaired) electrons. The molecule has 0 saturated carbocycles. The Morgan fingerprint density at radius 2 is 1.82 bits per heavy atom. The van der Waals surface area contributed by atoms with Gasteiger partial charge in [-0.2, -0.15) is 0 Å². The molecule has 4 N–H and O–H groups in total. The number of nitrogens with zero attached hydrogens (tertiary/aromatic N) is 2. The Morgan fingerprint density at radius 3 is 2.50 bits per heavy atom. The van der Waals surface area contributed by atoms with Gasteiger partial charge in [0.2, 0.25) is 5.91 Å². The van der Waals surface area contributed by atoms with E-state index in [0.717, 1.165) is 16.8 Å². The minimum absolute atomic E-state index is 0.104. The van der Waals surface area contributed by atoms with E-state index in [1.165, 1.54) is 6.92 Å². The molecule has 0 saturated heterocycles. The summed E-state index contributed by atoms with van der Waals surface area (Å²) in [6.45, 7) is 3.29. The van der Waals surface area contributed by atoms with E-state index >= 15 is 0 Å². The molecule has 0 aliphatic heterocycles. The summed E-state index contributed by atoms with van der Waals surface area (Å²) in [5.41, 5.74) is 2.24. The van der Waals surface area contributed by atoms with Crippen LogP contribution in [0.15, 0.2) is 24.3 Å². The highest BCUT2D eigenvalue weighted by molar-refractivity contribution is 7.71. The molecule has 0 spiro atoms. The molecule has 3 rings (SSSR count). The average molecular weight is 314 g/mol. The predicted molar refractivity (Wildman–Crippen MR) is 87.8 cm³/mol. The number of aryl methyl sites for hydroxylation is 1. The number of carbonyl (C=O) groups is 1. The molecular weight excluding hydrogens is 300 g/mol. The van der Waals surface area contributed by atoms with Crippen LogP contribution in [0.5, 0.6) is 0 Å². The lowest BCUT2D eigenvalue weighted by Crippen LogP contribution is -2.05. The highest BCUT2D eigenvalue weighted by Gasteiger charge is 2.09. The number of hydrogen-bond acceptors (Lipinski definition) is 5. The molecule has 22 heavy (non-hydrogen) atoms. The number of hydrogen-bond donors (Lipinski definition) is 4. The Bertz CT molecular complexity index is 896. The Morgan fingerprint density at radius 1 is 1.14 bits per heavy atom. The van der Waals surface area contributed by atoms with Gasteiger partial charge in [-0.25, -0.2) is 9.97 Å². The summed E-state index contributed by atoms with van der Waals surface area (Å²) in [5, 5.41) is 12.5. The first-order chi connectivity index (χ1) is 10.5. The van der Waals surface area contributed by atoms with Crippen molar-refractivity contribution in [2.24, 2.45) is 0 Å². The summed E-state index contributed by atoms with van der Waals surface area (Å²) in [4.78, 5) is 19.7. The topological polar surface area (TPSA) is 98.5 Å². The maximum atomic E-state index is 11.0. The van der Waals surface area contributed by atoms with Crippen molar-refractivity contribution in [2.45, 2.75) is 13.8 Å². The fourth-order valence-electron chi connectivity index (χ4n) is 2.12. The zero-order valence-electron chi connectivity index (χ0n) is 12.0. The molecule has 8 heteroatoms. The third-order valence-corrected chi connectivity index (χ3v) is 3.32. The predicted octanol–water partition coefficient (Wildman–Crippen LogP) is 3.03. The number of anilines is 3. The fourth-order valence-corrected chi connectivity index (χ4v) is 2.37. The van der Waals surface area contributed by atoms with Crippen molar-refractivity contribution in [1.29, 1.82) is 0 Å². The van der Waals surface area contributed by atoms with E-state index in [2.05, 4.69) is 30.8 Å². The monoisotopic (exact) mass is 314 g/mol. The summed E-state index contributed by atoms with van der Waals surface area (Å²) in [6.07, 6.45) is 0. The van der Waals surface area contributed by atoms with Gasteiger partial charge in [-0.3, -0.25) is 15.0 Å². The van der Waals surface area contributed by atoms with E-state index in [1.54, 1.807) is 0 Å². The van der Waals surface area contributed by atoms with Gasteiger partial charge in [0.1, 0.15) is 16.3 Å². The molecule has 1 aromatic carbocycles. The van der Waals surface area contributed by atoms with Crippen LogP contribution in [0.4, 0.5) is 17.2 Å². The molecule has 2 aromatic heterocycles. The van der Waals surface area contributed by atoms with Crippen molar-refractivity contribution in [3.63, 3.8) is 0 Å². The van der Waals surface area contributed by atoms with Crippen LogP contribution < -0.4 is 10.6 Å². The normalized spacial score (nSPS) is 10.6. The number of fused-ring (bicyclic) bond motifs is 1. The van der Waals surface area contributed by atoms with Crippen LogP contribution in [-0.2, 0) is 4.79 Å². The Labute approximate surface area is 131 Å². The lowest BCUT2D eigenvalue weighted by atomic mass is 10.2. The largest absolute Gasteiger partial charge is 0.339 e. The van der Waals surface area contributed by atoms with E-state index in [-0.39, 0.29) is 5.91 Å². The maximum Gasteiger partial charge on any atom is 0.221 e. The molecule has 112 valence electrons. The highest BCUT2D eigenvalue weighted by Crippen LogP contribution is 2.24. The molecular formula is C14H14N6OS. The molecule has 7 nitrogen and oxygen atoms in total. The van der Waals surface area contributed by atoms with Gasteiger partial charge in [0, 0.05) is 18.3 Å². The van der Waals surface area contributed by atoms with Gasteiger partial charge in [-0.05, 0) is 31.2 Å². The van der Waals surface area contributed by atoms with Crippen LogP contribution in [-0.4, -0.2) is 26.1 Å². The standard InChI is InChI=1S/C14H14N6OS/c1-7-15-12(11-13(16-7)19-20-14(11)22)18-10-5-3-9(4-6-10)17-8(2)21/h3-6H,1-2H3,(H,17,21)(H3,15,16,18,19,20,22). The van der Waals surface area contributed by atoms with Crippen molar-refractivity contribution in [1.82, 2.24) is 20.2 Å². The SMILES string of the molecule is CC(=O)Nc1ccc(Nc2nc(C)nc3[nH][nH]c(=S)c23)cc1. The Balaban J connectivity index is 1.94. The molecule has 0 aliphatic carbocycles. The lowest BCUT2D eigenvalue weighted by molar-refractivity contribution is -0.114. The van der Waals surface area contributed by atoms with Crippen LogP contribution in [0.3, 0.4) is 0 Å². The number of rotatable bonds is 3. The van der Waals surface area contributed by atoms with Crippen LogP contribution in [0.1, 0.15) is 12.7 Å². The summed E-state index contributed by atoms with van der Waals surface area (Å²) >= 11 is 5.25. The van der Waals surface area contributed by atoms with Gasteiger partial charge >= 0.3 is 0 Å². The van der Waals surface area contributed by atoms with Crippen LogP contribution >= 0.6 is 12.2 Å². The second-order valence-corrected chi connectivity index (χ2v) is 5.21. The van der Waals surface area contributed by atoms with Crippen LogP contribution in [0.25, 0.3) is 11.0 Å². The highest BCUT2D eigenvalue weighted by atomic mass is 32.1. The van der Waals surface area contributed by atoms with Crippen molar-refractivity contribution in [3.8, 4) is 0 Å². The zero-order chi connectivity index (χ0) is 15.7. The van der Waals surface area contributed by atoms with Crippen molar-refractivity contribution in [3.05, 3.63) is 34.7 Å². The van der Waals surface area contributed by atoms with E-state index in [9.17, 15) is 4.79 Å². The zero-order valence-corrected chi connectivity index (χ0v) is 12.8. The third-order valence-electron chi connectivity index (χ3n) is 3.01. The minimum Gasteiger partial charge on any atom is -0.339 e. The molecule has 2 heterocycles. The van der Waals surface area contributed by atoms with E-state index < -0.39 is 0 Å². The molecule has 1 amide bonds. The second-order valence-electron chi connectivity index (χ2n) is 4.81. The van der Waals surface area contributed by atoms with E-state index in [1.807, 2.05) is 31.2 Å². The number of aromatic amines is 2. The van der Waals surface area contributed by atoms with E-state index in [0.29, 0.717) is 21.9 Å². The van der Waals surface area contributed by atoms with Crippen molar-refractivity contribution in [2.75, 3.05) is 10.6 Å². The molecule has 3 aromatic rings. The number of amides is 1. The number of nitrogens with one attached hydrogen (secondary N) is 4. The number of carbonyl (C=O) groups excluding carboxylic acids is 1. The smallest absolute Gasteiger partial charge is 0.221 e. The van der Waals surface area contributed by atoms with Crippen molar-refractivity contribution < 1.29 is 4.79 Å². The first-order valence-electron chi connectivity index (χ1n) is 6.62. The molecule has 0 unspecified atom stereocenters. The van der Waals surface area contributed by atoms with Crippen LogP contribution in [0, 0.1) is 11.6 Å².